The van der Waals surface area contributed by atoms with Crippen molar-refractivity contribution in [2.45, 2.75) is 18.8 Å². The molecule has 0 spiro atoms. The van der Waals surface area contributed by atoms with Crippen LogP contribution in [0.25, 0.3) is 11.0 Å². The van der Waals surface area contributed by atoms with Gasteiger partial charge in [-0.15, -0.1) is 11.3 Å². The Hall–Kier alpha value is -2.21. The Kier molecular flexibility index (Phi) is 3.61. The summed E-state index contributed by atoms with van der Waals surface area (Å²) in [7, 11) is 1.93. The number of nitrogens with zero attached hydrogens (tertiary/aromatic N) is 4. The Morgan fingerprint density at radius 1 is 1.35 bits per heavy atom. The summed E-state index contributed by atoms with van der Waals surface area (Å²) in [5, 5.41) is 7.74. The van der Waals surface area contributed by atoms with Crippen molar-refractivity contribution in [3.8, 4) is 0 Å². The maximum atomic E-state index is 12.6. The van der Waals surface area contributed by atoms with Gasteiger partial charge in [0.1, 0.15) is 0 Å². The molecule has 1 aliphatic rings. The Morgan fingerprint density at radius 3 is 3.09 bits per heavy atom. The average Bonchev–Trinajstić information content (AvgIpc) is 3.23. The van der Waals surface area contributed by atoms with Crippen LogP contribution >= 0.6 is 11.3 Å². The van der Waals surface area contributed by atoms with Crippen LogP contribution in [0.2, 0.25) is 0 Å². The van der Waals surface area contributed by atoms with Crippen LogP contribution < -0.4 is 0 Å². The molecule has 0 bridgehead atoms. The molecule has 0 aromatic carbocycles. The van der Waals surface area contributed by atoms with E-state index in [9.17, 15) is 4.79 Å². The fourth-order valence-corrected chi connectivity index (χ4v) is 4.05. The predicted octanol–water partition coefficient (Wildman–Crippen LogP) is 3.05. The third-order valence-corrected chi connectivity index (χ3v) is 5.31. The zero-order valence-electron chi connectivity index (χ0n) is 13.0. The quantitative estimate of drug-likeness (QED) is 0.727. The molecule has 0 aliphatic carbocycles. The van der Waals surface area contributed by atoms with Crippen LogP contribution in [-0.2, 0) is 7.05 Å². The fraction of sp³-hybridized carbons (Fsp3) is 0.353. The van der Waals surface area contributed by atoms with Crippen LogP contribution in [0.1, 0.15) is 34.1 Å². The van der Waals surface area contributed by atoms with Gasteiger partial charge in [0.25, 0.3) is 5.91 Å². The van der Waals surface area contributed by atoms with Gasteiger partial charge in [-0.2, -0.15) is 5.10 Å². The van der Waals surface area contributed by atoms with Crippen molar-refractivity contribution in [2.24, 2.45) is 7.05 Å². The van der Waals surface area contributed by atoms with Crippen molar-refractivity contribution in [3.05, 3.63) is 46.4 Å². The first kappa shape index (κ1) is 14.4. The number of likely N-dealkylation sites (tertiary alicyclic amines) is 1. The van der Waals surface area contributed by atoms with E-state index >= 15 is 0 Å². The molecule has 1 fully saturated rings. The number of hydrogen-bond acceptors (Lipinski definition) is 4. The number of carbonyl (C=O) groups excluding carboxylic acids is 1. The number of aromatic nitrogens is 3. The number of thiophene rings is 1. The topological polar surface area (TPSA) is 51.0 Å². The molecular formula is C17H18N4OS. The molecule has 1 saturated heterocycles. The minimum absolute atomic E-state index is 0.142. The molecule has 0 radical (unpaired) electrons. The minimum Gasteiger partial charge on any atom is -0.337 e. The molecule has 23 heavy (non-hydrogen) atoms. The number of hydrogen-bond donors (Lipinski definition) is 0. The van der Waals surface area contributed by atoms with E-state index in [-0.39, 0.29) is 11.8 Å². The molecule has 3 aromatic heterocycles. The SMILES string of the molecule is Cn1nc([C@H]2CCCN(C(=O)c3cccs3)C2)c2cccnc21. The molecule has 0 N–H and O–H groups in total. The number of amides is 1. The normalized spacial score (nSPS) is 18.5. The number of pyridine rings is 1. The van der Waals surface area contributed by atoms with Gasteiger partial charge in [-0.3, -0.25) is 9.48 Å². The fourth-order valence-electron chi connectivity index (χ4n) is 3.36. The predicted molar refractivity (Wildman–Crippen MR) is 90.7 cm³/mol. The number of piperidine rings is 1. The monoisotopic (exact) mass is 326 g/mol. The summed E-state index contributed by atoms with van der Waals surface area (Å²) < 4.78 is 1.84. The van der Waals surface area contributed by atoms with E-state index in [4.69, 9.17) is 0 Å². The van der Waals surface area contributed by atoms with E-state index in [0.29, 0.717) is 0 Å². The third kappa shape index (κ3) is 2.53. The van der Waals surface area contributed by atoms with Gasteiger partial charge in [-0.1, -0.05) is 6.07 Å². The first-order valence-electron chi connectivity index (χ1n) is 7.84. The van der Waals surface area contributed by atoms with Gasteiger partial charge in [-0.05, 0) is 36.4 Å². The maximum Gasteiger partial charge on any atom is 0.263 e. The smallest absolute Gasteiger partial charge is 0.263 e. The van der Waals surface area contributed by atoms with Gasteiger partial charge in [0, 0.05) is 37.6 Å². The van der Waals surface area contributed by atoms with Crippen molar-refractivity contribution in [3.63, 3.8) is 0 Å². The highest BCUT2D eigenvalue weighted by atomic mass is 32.1. The molecule has 5 nitrogen and oxygen atoms in total. The molecule has 6 heteroatoms. The van der Waals surface area contributed by atoms with Crippen molar-refractivity contribution in [2.75, 3.05) is 13.1 Å². The summed E-state index contributed by atoms with van der Waals surface area (Å²) in [5.74, 6) is 0.420. The lowest BCUT2D eigenvalue weighted by atomic mass is 9.93. The molecule has 1 atom stereocenters. The highest BCUT2D eigenvalue weighted by Gasteiger charge is 2.28. The molecule has 1 aliphatic heterocycles. The maximum absolute atomic E-state index is 12.6. The number of carbonyl (C=O) groups is 1. The second-order valence-electron chi connectivity index (χ2n) is 5.95. The van der Waals surface area contributed by atoms with E-state index in [1.165, 1.54) is 11.3 Å². The van der Waals surface area contributed by atoms with Gasteiger partial charge in [0.15, 0.2) is 5.65 Å². The zero-order valence-corrected chi connectivity index (χ0v) is 13.8. The van der Waals surface area contributed by atoms with Crippen LogP contribution in [0.5, 0.6) is 0 Å². The van der Waals surface area contributed by atoms with E-state index in [1.807, 2.05) is 40.2 Å². The lowest BCUT2D eigenvalue weighted by Crippen LogP contribution is -2.39. The molecule has 4 heterocycles. The van der Waals surface area contributed by atoms with E-state index in [0.717, 1.165) is 47.5 Å². The highest BCUT2D eigenvalue weighted by molar-refractivity contribution is 7.12. The summed E-state index contributed by atoms with van der Waals surface area (Å²) in [5.41, 5.74) is 1.98. The largest absolute Gasteiger partial charge is 0.337 e. The Labute approximate surface area is 138 Å². The van der Waals surface area contributed by atoms with Crippen LogP contribution in [-0.4, -0.2) is 38.7 Å². The Morgan fingerprint density at radius 2 is 2.26 bits per heavy atom. The molecule has 0 saturated carbocycles. The van der Waals surface area contributed by atoms with Crippen molar-refractivity contribution in [1.29, 1.82) is 0 Å². The molecule has 3 aromatic rings. The van der Waals surface area contributed by atoms with Crippen LogP contribution in [0, 0.1) is 0 Å². The lowest BCUT2D eigenvalue weighted by molar-refractivity contribution is 0.0711. The number of rotatable bonds is 2. The average molecular weight is 326 g/mol. The summed E-state index contributed by atoms with van der Waals surface area (Å²) in [6.45, 7) is 1.56. The first-order chi connectivity index (χ1) is 11.2. The summed E-state index contributed by atoms with van der Waals surface area (Å²) >= 11 is 1.51. The number of aryl methyl sites for hydroxylation is 1. The third-order valence-electron chi connectivity index (χ3n) is 4.45. The second-order valence-corrected chi connectivity index (χ2v) is 6.90. The summed E-state index contributed by atoms with van der Waals surface area (Å²) in [4.78, 5) is 19.8. The van der Waals surface area contributed by atoms with Crippen LogP contribution in [0.3, 0.4) is 0 Å². The van der Waals surface area contributed by atoms with Crippen molar-refractivity contribution < 1.29 is 4.79 Å². The molecular weight excluding hydrogens is 308 g/mol. The van der Waals surface area contributed by atoms with Crippen LogP contribution in [0.4, 0.5) is 0 Å². The van der Waals surface area contributed by atoms with Gasteiger partial charge in [0.2, 0.25) is 0 Å². The van der Waals surface area contributed by atoms with Crippen molar-refractivity contribution >= 4 is 28.3 Å². The molecule has 4 rings (SSSR count). The molecule has 118 valence electrons. The first-order valence-corrected chi connectivity index (χ1v) is 8.72. The highest BCUT2D eigenvalue weighted by Crippen LogP contribution is 2.31. The van der Waals surface area contributed by atoms with Gasteiger partial charge < -0.3 is 4.90 Å². The van der Waals surface area contributed by atoms with E-state index in [2.05, 4.69) is 16.1 Å². The Bertz CT molecular complexity index is 840. The van der Waals surface area contributed by atoms with Gasteiger partial charge in [0.05, 0.1) is 10.6 Å². The summed E-state index contributed by atoms with van der Waals surface area (Å²) in [6.07, 6.45) is 3.87. The van der Waals surface area contributed by atoms with Gasteiger partial charge in [-0.25, -0.2) is 4.98 Å². The van der Waals surface area contributed by atoms with Crippen LogP contribution in [0.15, 0.2) is 35.8 Å². The van der Waals surface area contributed by atoms with Gasteiger partial charge >= 0.3 is 0 Å². The second kappa shape index (κ2) is 5.77. The van der Waals surface area contributed by atoms with E-state index in [1.54, 1.807) is 6.20 Å². The lowest BCUT2D eigenvalue weighted by Gasteiger charge is -2.31. The molecule has 0 unspecified atom stereocenters. The standard InChI is InChI=1S/C17H18N4OS/c1-20-16-13(6-2-8-18-16)15(19-20)12-5-3-9-21(11-12)17(22)14-7-4-10-23-14/h2,4,6-8,10,12H,3,5,9,11H2,1H3/t12-/m0/s1. The van der Waals surface area contributed by atoms with Crippen molar-refractivity contribution in [1.82, 2.24) is 19.7 Å². The summed E-state index contributed by atoms with van der Waals surface area (Å²) in [6, 6.07) is 7.85. The Balaban J connectivity index is 1.63. The number of fused-ring (bicyclic) bond motifs is 1. The molecule has 1 amide bonds. The zero-order chi connectivity index (χ0) is 15.8. The minimum atomic E-state index is 0.142. The van der Waals surface area contributed by atoms with E-state index < -0.39 is 0 Å².